The predicted octanol–water partition coefficient (Wildman–Crippen LogP) is 4.77. The summed E-state index contributed by atoms with van der Waals surface area (Å²) in [7, 11) is 0. The first-order valence-electron chi connectivity index (χ1n) is 4.89. The van der Waals surface area contributed by atoms with Crippen LogP contribution in [0.4, 0.5) is 0 Å². The molecule has 0 N–H and O–H groups in total. The van der Waals surface area contributed by atoms with Gasteiger partial charge in [-0.15, -0.1) is 0 Å². The molecule has 0 radical (unpaired) electrons. The normalized spacial score (nSPS) is 8.73. The van der Waals surface area contributed by atoms with Crippen LogP contribution in [0.5, 0.6) is 0 Å². The fourth-order valence-corrected chi connectivity index (χ4v) is 1.09. The molecule has 0 aliphatic heterocycles. The number of halogens is 1. The highest BCUT2D eigenvalue weighted by molar-refractivity contribution is 9.09. The molecule has 0 heterocycles. The van der Waals surface area contributed by atoms with E-state index >= 15 is 0 Å². The molecule has 0 aromatic rings. The number of rotatable bonds is 5. The molecule has 11 heavy (non-hydrogen) atoms. The molecule has 0 nitrogen and oxygen atoms in total. The molecule has 0 aromatic carbocycles. The lowest BCUT2D eigenvalue weighted by atomic mass is 10.3. The Balaban J connectivity index is 0. The molecule has 0 rings (SSSR count). The van der Waals surface area contributed by atoms with E-state index in [0.717, 1.165) is 0 Å². The highest BCUT2D eigenvalue weighted by Gasteiger charge is 1.76. The standard InChI is InChI=1S/C5H11Br.C5H12/c1-2-3-4-5-6;1-3-5-4-2/h2-5H2,1H3;3-5H2,1-2H3. The van der Waals surface area contributed by atoms with E-state index in [1.54, 1.807) is 0 Å². The highest BCUT2D eigenvalue weighted by atomic mass is 79.9. The van der Waals surface area contributed by atoms with Gasteiger partial charge in [0.15, 0.2) is 0 Å². The molecule has 0 aliphatic rings. The molecule has 0 fully saturated rings. The third kappa shape index (κ3) is 25.1. The maximum absolute atomic E-state index is 3.35. The molecule has 0 spiro atoms. The SMILES string of the molecule is CCCCC.CCCCCBr. The summed E-state index contributed by atoms with van der Waals surface area (Å²) in [5.74, 6) is 0. The molecule has 0 bridgehead atoms. The van der Waals surface area contributed by atoms with Crippen molar-refractivity contribution in [1.82, 2.24) is 0 Å². The van der Waals surface area contributed by atoms with E-state index in [1.807, 2.05) is 0 Å². The zero-order valence-electron chi connectivity index (χ0n) is 8.33. The third-order valence-electron chi connectivity index (χ3n) is 1.44. The van der Waals surface area contributed by atoms with Gasteiger partial charge >= 0.3 is 0 Å². The second-order valence-corrected chi connectivity index (χ2v) is 3.54. The van der Waals surface area contributed by atoms with Gasteiger partial charge in [0, 0.05) is 5.33 Å². The lowest BCUT2D eigenvalue weighted by Crippen LogP contribution is -1.70. The molecule has 0 saturated carbocycles. The Bertz CT molecular complexity index is 38.1. The van der Waals surface area contributed by atoms with Gasteiger partial charge in [-0.05, 0) is 6.42 Å². The topological polar surface area (TPSA) is 0 Å². The van der Waals surface area contributed by atoms with E-state index in [0.29, 0.717) is 0 Å². The summed E-state index contributed by atoms with van der Waals surface area (Å²) in [6, 6.07) is 0. The summed E-state index contributed by atoms with van der Waals surface area (Å²) in [4.78, 5) is 0. The number of hydrogen-bond acceptors (Lipinski definition) is 0. The largest absolute Gasteiger partial charge is 0.0928 e. The minimum Gasteiger partial charge on any atom is -0.0928 e. The third-order valence-corrected chi connectivity index (χ3v) is 2.01. The highest BCUT2D eigenvalue weighted by Crippen LogP contribution is 1.95. The van der Waals surface area contributed by atoms with Gasteiger partial charge in [-0.2, -0.15) is 0 Å². The quantitative estimate of drug-likeness (QED) is 0.465. The van der Waals surface area contributed by atoms with Crippen molar-refractivity contribution in [2.45, 2.75) is 59.3 Å². The zero-order valence-corrected chi connectivity index (χ0v) is 9.91. The molecule has 0 saturated heterocycles. The number of hydrogen-bond donors (Lipinski definition) is 0. The fourth-order valence-electron chi connectivity index (χ4n) is 0.698. The van der Waals surface area contributed by atoms with Gasteiger partial charge in [-0.3, -0.25) is 0 Å². The van der Waals surface area contributed by atoms with Crippen molar-refractivity contribution in [3.05, 3.63) is 0 Å². The first-order chi connectivity index (χ1) is 5.33. The number of alkyl halides is 1. The molecular formula is C10H23Br. The minimum absolute atomic E-state index is 1.17. The summed E-state index contributed by atoms with van der Waals surface area (Å²) >= 11 is 3.35. The van der Waals surface area contributed by atoms with Crippen LogP contribution in [0.3, 0.4) is 0 Å². The van der Waals surface area contributed by atoms with Crippen molar-refractivity contribution in [2.75, 3.05) is 5.33 Å². The van der Waals surface area contributed by atoms with Crippen LogP contribution in [0.25, 0.3) is 0 Å². The van der Waals surface area contributed by atoms with Crippen LogP contribution in [0.1, 0.15) is 59.3 Å². The van der Waals surface area contributed by atoms with E-state index in [9.17, 15) is 0 Å². The summed E-state index contributed by atoms with van der Waals surface area (Å²) in [6.07, 6.45) is 8.10. The maximum atomic E-state index is 3.35. The van der Waals surface area contributed by atoms with Crippen LogP contribution < -0.4 is 0 Å². The Kier molecular flexibility index (Phi) is 21.5. The lowest BCUT2D eigenvalue weighted by molar-refractivity contribution is 0.772. The van der Waals surface area contributed by atoms with Crippen molar-refractivity contribution in [2.24, 2.45) is 0 Å². The van der Waals surface area contributed by atoms with Crippen molar-refractivity contribution >= 4 is 15.9 Å². The predicted molar refractivity (Wildman–Crippen MR) is 58.5 cm³/mol. The van der Waals surface area contributed by atoms with Crippen molar-refractivity contribution < 1.29 is 0 Å². The van der Waals surface area contributed by atoms with Crippen LogP contribution >= 0.6 is 15.9 Å². The van der Waals surface area contributed by atoms with Gasteiger partial charge in [0.05, 0.1) is 0 Å². The molecule has 0 unspecified atom stereocenters. The molecule has 0 atom stereocenters. The molecule has 1 heteroatoms. The Morgan fingerprint density at radius 1 is 0.727 bits per heavy atom. The average molecular weight is 223 g/mol. The summed E-state index contributed by atoms with van der Waals surface area (Å²) in [5.41, 5.74) is 0. The van der Waals surface area contributed by atoms with Crippen LogP contribution in [-0.4, -0.2) is 5.33 Å². The Morgan fingerprint density at radius 3 is 1.27 bits per heavy atom. The van der Waals surface area contributed by atoms with Gasteiger partial charge in [-0.25, -0.2) is 0 Å². The van der Waals surface area contributed by atoms with Gasteiger partial charge in [0.2, 0.25) is 0 Å². The van der Waals surface area contributed by atoms with Gasteiger partial charge in [0.25, 0.3) is 0 Å². The Labute approximate surface area is 80.9 Å². The first kappa shape index (κ1) is 14.0. The van der Waals surface area contributed by atoms with Gasteiger partial charge < -0.3 is 0 Å². The van der Waals surface area contributed by atoms with Crippen LogP contribution in [0, 0.1) is 0 Å². The molecule has 70 valence electrons. The fraction of sp³-hybridized carbons (Fsp3) is 1.00. The van der Waals surface area contributed by atoms with Crippen molar-refractivity contribution in [3.63, 3.8) is 0 Å². The molecule has 0 amide bonds. The summed E-state index contributed by atoms with van der Waals surface area (Å²) in [5, 5.41) is 1.17. The monoisotopic (exact) mass is 222 g/mol. The molecule has 0 aliphatic carbocycles. The molecule has 0 aromatic heterocycles. The number of unbranched alkanes of at least 4 members (excludes halogenated alkanes) is 4. The van der Waals surface area contributed by atoms with E-state index in [4.69, 9.17) is 0 Å². The first-order valence-corrected chi connectivity index (χ1v) is 6.01. The van der Waals surface area contributed by atoms with E-state index < -0.39 is 0 Å². The minimum atomic E-state index is 1.17. The van der Waals surface area contributed by atoms with Crippen LogP contribution in [-0.2, 0) is 0 Å². The van der Waals surface area contributed by atoms with Crippen molar-refractivity contribution in [3.8, 4) is 0 Å². The lowest BCUT2D eigenvalue weighted by Gasteiger charge is -1.85. The average Bonchev–Trinajstić information content (AvgIpc) is 2.04. The van der Waals surface area contributed by atoms with Crippen LogP contribution in [0.2, 0.25) is 0 Å². The van der Waals surface area contributed by atoms with Crippen LogP contribution in [0.15, 0.2) is 0 Å². The van der Waals surface area contributed by atoms with Gasteiger partial charge in [-0.1, -0.05) is 68.8 Å². The zero-order chi connectivity index (χ0) is 8.95. The van der Waals surface area contributed by atoms with Gasteiger partial charge in [0.1, 0.15) is 0 Å². The van der Waals surface area contributed by atoms with E-state index in [2.05, 4.69) is 36.7 Å². The Hall–Kier alpha value is 0.480. The summed E-state index contributed by atoms with van der Waals surface area (Å²) in [6.45, 7) is 6.63. The Morgan fingerprint density at radius 2 is 1.18 bits per heavy atom. The molecular weight excluding hydrogens is 200 g/mol. The summed E-state index contributed by atoms with van der Waals surface area (Å²) < 4.78 is 0. The second-order valence-electron chi connectivity index (χ2n) is 2.75. The van der Waals surface area contributed by atoms with E-state index in [1.165, 1.54) is 43.9 Å². The van der Waals surface area contributed by atoms with E-state index in [-0.39, 0.29) is 0 Å². The second kappa shape index (κ2) is 16.8. The smallest absolute Gasteiger partial charge is 0.00313 e. The maximum Gasteiger partial charge on any atom is 0.00313 e. The van der Waals surface area contributed by atoms with Crippen molar-refractivity contribution in [1.29, 1.82) is 0 Å².